The molecule has 2 rings (SSSR count). The highest BCUT2D eigenvalue weighted by molar-refractivity contribution is 5.98. The SMILES string of the molecule is CC1=CCN(C(=O)c2cc(O)ccc2[N+](=O)[O-])CC1. The largest absolute Gasteiger partial charge is 0.508 e. The Kier molecular flexibility index (Phi) is 3.50. The van der Waals surface area contributed by atoms with Crippen molar-refractivity contribution in [2.75, 3.05) is 13.1 Å². The van der Waals surface area contributed by atoms with Gasteiger partial charge in [0, 0.05) is 19.2 Å². The maximum atomic E-state index is 12.3. The van der Waals surface area contributed by atoms with Gasteiger partial charge in [-0.2, -0.15) is 0 Å². The van der Waals surface area contributed by atoms with Crippen molar-refractivity contribution in [2.45, 2.75) is 13.3 Å². The summed E-state index contributed by atoms with van der Waals surface area (Å²) in [5.41, 5.74) is 0.849. The molecule has 100 valence electrons. The van der Waals surface area contributed by atoms with Crippen molar-refractivity contribution in [3.63, 3.8) is 0 Å². The van der Waals surface area contributed by atoms with Gasteiger partial charge in [0.1, 0.15) is 11.3 Å². The van der Waals surface area contributed by atoms with Crippen LogP contribution in [-0.2, 0) is 0 Å². The van der Waals surface area contributed by atoms with Gasteiger partial charge in [0.2, 0.25) is 0 Å². The molecule has 0 saturated carbocycles. The highest BCUT2D eigenvalue weighted by Gasteiger charge is 2.25. The minimum absolute atomic E-state index is 0.0713. The number of nitro groups is 1. The fourth-order valence-electron chi connectivity index (χ4n) is 1.98. The third kappa shape index (κ3) is 2.73. The number of nitrogens with zero attached hydrogens (tertiary/aromatic N) is 2. The predicted octanol–water partition coefficient (Wildman–Crippen LogP) is 2.09. The number of carbonyl (C=O) groups excluding carboxylic acids is 1. The lowest BCUT2D eigenvalue weighted by atomic mass is 10.1. The molecule has 0 radical (unpaired) electrons. The number of hydrogen-bond donors (Lipinski definition) is 1. The van der Waals surface area contributed by atoms with Gasteiger partial charge in [-0.15, -0.1) is 0 Å². The van der Waals surface area contributed by atoms with E-state index in [0.717, 1.165) is 18.6 Å². The predicted molar refractivity (Wildman–Crippen MR) is 69.0 cm³/mol. The van der Waals surface area contributed by atoms with Gasteiger partial charge in [-0.05, 0) is 25.5 Å². The number of phenolic OH excluding ortho intramolecular Hbond substituents is 1. The Balaban J connectivity index is 2.33. The van der Waals surface area contributed by atoms with Crippen LogP contribution in [0.3, 0.4) is 0 Å². The molecule has 1 aliphatic heterocycles. The molecule has 0 atom stereocenters. The monoisotopic (exact) mass is 262 g/mol. The lowest BCUT2D eigenvalue weighted by molar-refractivity contribution is -0.385. The average Bonchev–Trinajstić information content (AvgIpc) is 2.38. The van der Waals surface area contributed by atoms with Gasteiger partial charge in [0.15, 0.2) is 0 Å². The van der Waals surface area contributed by atoms with Crippen molar-refractivity contribution in [1.82, 2.24) is 4.90 Å². The summed E-state index contributed by atoms with van der Waals surface area (Å²) in [6.07, 6.45) is 2.69. The summed E-state index contributed by atoms with van der Waals surface area (Å²) < 4.78 is 0. The molecule has 1 aliphatic rings. The molecule has 0 aliphatic carbocycles. The highest BCUT2D eigenvalue weighted by atomic mass is 16.6. The molecular formula is C13H14N2O4. The first-order valence-electron chi connectivity index (χ1n) is 5.91. The first kappa shape index (κ1) is 13.1. The summed E-state index contributed by atoms with van der Waals surface area (Å²) >= 11 is 0. The van der Waals surface area contributed by atoms with E-state index < -0.39 is 10.8 Å². The minimum atomic E-state index is -0.613. The second-order valence-electron chi connectivity index (χ2n) is 4.51. The van der Waals surface area contributed by atoms with E-state index in [2.05, 4.69) is 0 Å². The summed E-state index contributed by atoms with van der Waals surface area (Å²) in [5, 5.41) is 20.3. The van der Waals surface area contributed by atoms with Crippen LogP contribution in [-0.4, -0.2) is 33.9 Å². The van der Waals surface area contributed by atoms with Crippen molar-refractivity contribution in [2.24, 2.45) is 0 Å². The molecule has 1 N–H and O–H groups in total. The molecule has 6 heteroatoms. The lowest BCUT2D eigenvalue weighted by Crippen LogP contribution is -2.34. The normalized spacial score (nSPS) is 15.0. The molecular weight excluding hydrogens is 248 g/mol. The molecule has 1 aromatic carbocycles. The second-order valence-corrected chi connectivity index (χ2v) is 4.51. The Bertz CT molecular complexity index is 566. The van der Waals surface area contributed by atoms with E-state index in [1.807, 2.05) is 13.0 Å². The fraction of sp³-hybridized carbons (Fsp3) is 0.308. The number of phenols is 1. The van der Waals surface area contributed by atoms with E-state index >= 15 is 0 Å². The standard InChI is InChI=1S/C13H14N2O4/c1-9-4-6-14(7-5-9)13(17)11-8-10(16)2-3-12(11)15(18)19/h2-4,8,16H,5-7H2,1H3. The van der Waals surface area contributed by atoms with Crippen LogP contribution in [0.1, 0.15) is 23.7 Å². The minimum Gasteiger partial charge on any atom is -0.508 e. The Morgan fingerprint density at radius 1 is 1.47 bits per heavy atom. The lowest BCUT2D eigenvalue weighted by Gasteiger charge is -2.25. The topological polar surface area (TPSA) is 83.7 Å². The molecule has 19 heavy (non-hydrogen) atoms. The number of nitro benzene ring substituents is 1. The van der Waals surface area contributed by atoms with Crippen LogP contribution in [0, 0.1) is 10.1 Å². The summed E-state index contributed by atoms with van der Waals surface area (Å²) in [7, 11) is 0. The van der Waals surface area contributed by atoms with Crippen LogP contribution in [0.5, 0.6) is 5.75 Å². The van der Waals surface area contributed by atoms with Gasteiger partial charge >= 0.3 is 0 Å². The van der Waals surface area contributed by atoms with E-state index in [0.29, 0.717) is 13.1 Å². The van der Waals surface area contributed by atoms with Crippen molar-refractivity contribution >= 4 is 11.6 Å². The van der Waals surface area contributed by atoms with Crippen LogP contribution in [0.2, 0.25) is 0 Å². The maximum Gasteiger partial charge on any atom is 0.282 e. The third-order valence-corrected chi connectivity index (χ3v) is 3.13. The molecule has 6 nitrogen and oxygen atoms in total. The van der Waals surface area contributed by atoms with Crippen molar-refractivity contribution < 1.29 is 14.8 Å². The summed E-state index contributed by atoms with van der Waals surface area (Å²) in [6.45, 7) is 2.96. The van der Waals surface area contributed by atoms with Crippen LogP contribution in [0.15, 0.2) is 29.8 Å². The smallest absolute Gasteiger partial charge is 0.282 e. The molecule has 0 aromatic heterocycles. The van der Waals surface area contributed by atoms with Gasteiger partial charge in [0.25, 0.3) is 11.6 Å². The fourth-order valence-corrected chi connectivity index (χ4v) is 1.98. The quantitative estimate of drug-likeness (QED) is 0.502. The van der Waals surface area contributed by atoms with Gasteiger partial charge in [-0.25, -0.2) is 0 Å². The maximum absolute atomic E-state index is 12.3. The summed E-state index contributed by atoms with van der Waals surface area (Å²) in [6, 6.07) is 3.49. The molecule has 0 saturated heterocycles. The zero-order valence-electron chi connectivity index (χ0n) is 10.5. The summed E-state index contributed by atoms with van der Waals surface area (Å²) in [5.74, 6) is -0.580. The Hall–Kier alpha value is -2.37. The molecule has 0 fully saturated rings. The molecule has 1 heterocycles. The van der Waals surface area contributed by atoms with Gasteiger partial charge < -0.3 is 10.0 Å². The molecule has 0 unspecified atom stereocenters. The van der Waals surface area contributed by atoms with E-state index in [-0.39, 0.29) is 17.0 Å². The van der Waals surface area contributed by atoms with Crippen LogP contribution in [0.25, 0.3) is 0 Å². The van der Waals surface area contributed by atoms with Gasteiger partial charge in [-0.1, -0.05) is 11.6 Å². The number of hydrogen-bond acceptors (Lipinski definition) is 4. The van der Waals surface area contributed by atoms with Gasteiger partial charge in [-0.3, -0.25) is 14.9 Å². The van der Waals surface area contributed by atoms with Crippen LogP contribution < -0.4 is 0 Å². The van der Waals surface area contributed by atoms with Crippen LogP contribution >= 0.6 is 0 Å². The van der Waals surface area contributed by atoms with Crippen LogP contribution in [0.4, 0.5) is 5.69 Å². The van der Waals surface area contributed by atoms with E-state index in [1.165, 1.54) is 16.5 Å². The number of benzene rings is 1. The molecule has 0 spiro atoms. The van der Waals surface area contributed by atoms with E-state index in [1.54, 1.807) is 0 Å². The Morgan fingerprint density at radius 2 is 2.21 bits per heavy atom. The zero-order chi connectivity index (χ0) is 14.0. The van der Waals surface area contributed by atoms with Crippen molar-refractivity contribution in [3.05, 3.63) is 45.5 Å². The average molecular weight is 262 g/mol. The van der Waals surface area contributed by atoms with Crippen molar-refractivity contribution in [1.29, 1.82) is 0 Å². The van der Waals surface area contributed by atoms with Gasteiger partial charge in [0.05, 0.1) is 4.92 Å². The highest BCUT2D eigenvalue weighted by Crippen LogP contribution is 2.25. The first-order chi connectivity index (χ1) is 8.99. The van der Waals surface area contributed by atoms with Crippen molar-refractivity contribution in [3.8, 4) is 5.75 Å². The second kappa shape index (κ2) is 5.09. The Morgan fingerprint density at radius 3 is 2.79 bits per heavy atom. The summed E-state index contributed by atoms with van der Waals surface area (Å²) in [4.78, 5) is 24.1. The zero-order valence-corrected chi connectivity index (χ0v) is 10.5. The number of amides is 1. The molecule has 1 amide bonds. The molecule has 1 aromatic rings. The first-order valence-corrected chi connectivity index (χ1v) is 5.91. The number of aromatic hydroxyl groups is 1. The number of rotatable bonds is 2. The number of carbonyl (C=O) groups is 1. The molecule has 0 bridgehead atoms. The van der Waals surface area contributed by atoms with E-state index in [9.17, 15) is 20.0 Å². The Labute approximate surface area is 110 Å². The van der Waals surface area contributed by atoms with E-state index in [4.69, 9.17) is 0 Å². The third-order valence-electron chi connectivity index (χ3n) is 3.13.